The number of esters is 1. The van der Waals surface area contributed by atoms with Gasteiger partial charge in [0.1, 0.15) is 30.3 Å². The van der Waals surface area contributed by atoms with Crippen LogP contribution < -0.4 is 17.2 Å². The molecule has 0 bridgehead atoms. The molecule has 128 valence electrons. The molecule has 1 aromatic rings. The molecule has 2 rings (SSSR count). The maximum atomic E-state index is 12.0. The summed E-state index contributed by atoms with van der Waals surface area (Å²) < 4.78 is 12.2. The lowest BCUT2D eigenvalue weighted by Crippen LogP contribution is -2.41. The Kier molecular flexibility index (Phi) is 5.34. The van der Waals surface area contributed by atoms with Crippen LogP contribution in [-0.2, 0) is 14.3 Å². The van der Waals surface area contributed by atoms with Gasteiger partial charge in [-0.3, -0.25) is 9.36 Å². The SMILES string of the molecule is CC(C)C(N)C(=O)O[C@@H]1C[C@H](n2ccc(N)nc2=O)O[C@@H]1CO. The van der Waals surface area contributed by atoms with Crippen LogP contribution in [-0.4, -0.2) is 45.5 Å². The Bertz CT molecular complexity index is 617. The number of aliphatic hydroxyl groups excluding tert-OH is 1. The fraction of sp³-hybridized carbons (Fsp3) is 0.643. The fourth-order valence-electron chi connectivity index (χ4n) is 2.30. The summed E-state index contributed by atoms with van der Waals surface area (Å²) in [5.41, 5.74) is 10.6. The molecule has 0 amide bonds. The van der Waals surface area contributed by atoms with Crippen molar-refractivity contribution in [2.45, 2.75) is 44.7 Å². The van der Waals surface area contributed by atoms with Crippen LogP contribution in [0.4, 0.5) is 5.82 Å². The number of nitrogens with two attached hydrogens (primary N) is 2. The Morgan fingerprint density at radius 3 is 2.87 bits per heavy atom. The van der Waals surface area contributed by atoms with Crippen LogP contribution in [0.25, 0.3) is 0 Å². The van der Waals surface area contributed by atoms with Crippen molar-refractivity contribution in [1.29, 1.82) is 0 Å². The normalized spacial score (nSPS) is 25.5. The minimum absolute atomic E-state index is 0.0721. The Balaban J connectivity index is 2.11. The largest absolute Gasteiger partial charge is 0.458 e. The van der Waals surface area contributed by atoms with Crippen LogP contribution in [0.2, 0.25) is 0 Å². The van der Waals surface area contributed by atoms with E-state index in [4.69, 9.17) is 20.9 Å². The number of hydrogen-bond acceptors (Lipinski definition) is 8. The second-order valence-corrected chi connectivity index (χ2v) is 5.83. The lowest BCUT2D eigenvalue weighted by atomic mass is 10.1. The summed E-state index contributed by atoms with van der Waals surface area (Å²) >= 11 is 0. The van der Waals surface area contributed by atoms with Crippen molar-refractivity contribution in [2.24, 2.45) is 11.7 Å². The Morgan fingerprint density at radius 2 is 2.30 bits per heavy atom. The maximum Gasteiger partial charge on any atom is 0.351 e. The third kappa shape index (κ3) is 3.87. The molecule has 23 heavy (non-hydrogen) atoms. The third-order valence-corrected chi connectivity index (χ3v) is 3.78. The van der Waals surface area contributed by atoms with Crippen LogP contribution >= 0.6 is 0 Å². The van der Waals surface area contributed by atoms with Gasteiger partial charge < -0.3 is 26.0 Å². The van der Waals surface area contributed by atoms with Crippen LogP contribution in [0.15, 0.2) is 17.1 Å². The molecule has 0 spiro atoms. The molecule has 0 aromatic carbocycles. The van der Waals surface area contributed by atoms with Gasteiger partial charge in [0, 0.05) is 12.6 Å². The Hall–Kier alpha value is -1.97. The second kappa shape index (κ2) is 7.07. The molecule has 5 N–H and O–H groups in total. The Labute approximate surface area is 133 Å². The maximum absolute atomic E-state index is 12.0. The van der Waals surface area contributed by atoms with Crippen molar-refractivity contribution in [3.8, 4) is 0 Å². The number of aliphatic hydroxyl groups is 1. The van der Waals surface area contributed by atoms with Gasteiger partial charge in [0.05, 0.1) is 6.61 Å². The minimum Gasteiger partial charge on any atom is -0.458 e. The lowest BCUT2D eigenvalue weighted by molar-refractivity contribution is -0.155. The molecule has 2 heterocycles. The monoisotopic (exact) mass is 326 g/mol. The summed E-state index contributed by atoms with van der Waals surface area (Å²) in [5.74, 6) is -0.526. The van der Waals surface area contributed by atoms with Gasteiger partial charge in [-0.25, -0.2) is 4.79 Å². The van der Waals surface area contributed by atoms with Gasteiger partial charge in [0.15, 0.2) is 0 Å². The highest BCUT2D eigenvalue weighted by Gasteiger charge is 2.39. The number of anilines is 1. The number of carbonyl (C=O) groups excluding carboxylic acids is 1. The van der Waals surface area contributed by atoms with Crippen molar-refractivity contribution in [2.75, 3.05) is 12.3 Å². The van der Waals surface area contributed by atoms with E-state index >= 15 is 0 Å². The second-order valence-electron chi connectivity index (χ2n) is 5.83. The van der Waals surface area contributed by atoms with E-state index in [2.05, 4.69) is 4.98 Å². The van der Waals surface area contributed by atoms with E-state index in [9.17, 15) is 14.7 Å². The molecule has 4 atom stereocenters. The highest BCUT2D eigenvalue weighted by Crippen LogP contribution is 2.30. The minimum atomic E-state index is -0.755. The standard InChI is InChI=1S/C14H22N4O5/c1-7(2)12(16)13(20)23-8-5-11(22-9(8)6-19)18-4-3-10(15)17-14(18)21/h3-4,7-9,11-12,19H,5-6,16H2,1-2H3,(H2,15,17,21)/t8-,9-,11-,12?/m1/s1. The summed E-state index contributed by atoms with van der Waals surface area (Å²) in [4.78, 5) is 27.4. The highest BCUT2D eigenvalue weighted by molar-refractivity contribution is 5.76. The van der Waals surface area contributed by atoms with Crippen molar-refractivity contribution in [3.05, 3.63) is 22.7 Å². The molecule has 1 aliphatic rings. The van der Waals surface area contributed by atoms with Gasteiger partial charge in [0.2, 0.25) is 0 Å². The first-order chi connectivity index (χ1) is 10.8. The first kappa shape index (κ1) is 17.4. The van der Waals surface area contributed by atoms with E-state index in [1.165, 1.54) is 16.8 Å². The number of nitrogens with zero attached hydrogens (tertiary/aromatic N) is 2. The van der Waals surface area contributed by atoms with Crippen molar-refractivity contribution in [1.82, 2.24) is 9.55 Å². The zero-order valence-electron chi connectivity index (χ0n) is 13.1. The van der Waals surface area contributed by atoms with E-state index in [0.29, 0.717) is 0 Å². The lowest BCUT2D eigenvalue weighted by Gasteiger charge is -2.20. The van der Waals surface area contributed by atoms with Gasteiger partial charge >= 0.3 is 11.7 Å². The number of carbonyl (C=O) groups is 1. The van der Waals surface area contributed by atoms with Crippen LogP contribution in [0.5, 0.6) is 0 Å². The van der Waals surface area contributed by atoms with E-state index in [1.54, 1.807) is 0 Å². The summed E-state index contributed by atoms with van der Waals surface area (Å²) in [7, 11) is 0. The number of hydrogen-bond donors (Lipinski definition) is 3. The summed E-state index contributed by atoms with van der Waals surface area (Å²) in [6, 6.07) is 0.710. The third-order valence-electron chi connectivity index (χ3n) is 3.78. The van der Waals surface area contributed by atoms with Crippen molar-refractivity contribution < 1.29 is 19.4 Å². The molecule has 9 nitrogen and oxygen atoms in total. The molecule has 0 saturated carbocycles. The van der Waals surface area contributed by atoms with Crippen LogP contribution in [0.3, 0.4) is 0 Å². The number of ether oxygens (including phenoxy) is 2. The first-order valence-corrected chi connectivity index (χ1v) is 7.40. The average Bonchev–Trinajstić information content (AvgIpc) is 2.88. The Morgan fingerprint density at radius 1 is 1.61 bits per heavy atom. The molecule has 9 heteroatoms. The number of rotatable bonds is 5. The molecule has 1 fully saturated rings. The molecular weight excluding hydrogens is 304 g/mol. The summed E-state index contributed by atoms with van der Waals surface area (Å²) in [6.45, 7) is 3.27. The molecule has 1 unspecified atom stereocenters. The highest BCUT2D eigenvalue weighted by atomic mass is 16.6. The van der Waals surface area contributed by atoms with Gasteiger partial charge in [0.25, 0.3) is 0 Å². The van der Waals surface area contributed by atoms with E-state index in [1.807, 2.05) is 13.8 Å². The predicted octanol–water partition coefficient (Wildman–Crippen LogP) is -1.000. The van der Waals surface area contributed by atoms with E-state index < -0.39 is 36.1 Å². The molecular formula is C14H22N4O5. The van der Waals surface area contributed by atoms with Crippen molar-refractivity contribution in [3.63, 3.8) is 0 Å². The first-order valence-electron chi connectivity index (χ1n) is 7.40. The van der Waals surface area contributed by atoms with Crippen LogP contribution in [0.1, 0.15) is 26.5 Å². The zero-order valence-corrected chi connectivity index (χ0v) is 13.1. The van der Waals surface area contributed by atoms with Crippen molar-refractivity contribution >= 4 is 11.8 Å². The van der Waals surface area contributed by atoms with Gasteiger partial charge in [-0.05, 0) is 12.0 Å². The van der Waals surface area contributed by atoms with E-state index in [0.717, 1.165) is 0 Å². The molecule has 0 aliphatic carbocycles. The quantitative estimate of drug-likeness (QED) is 0.585. The zero-order chi connectivity index (χ0) is 17.1. The van der Waals surface area contributed by atoms with Crippen LogP contribution in [0, 0.1) is 5.92 Å². The number of aromatic nitrogens is 2. The smallest absolute Gasteiger partial charge is 0.351 e. The summed E-state index contributed by atoms with van der Waals surface area (Å²) in [5, 5.41) is 9.40. The average molecular weight is 326 g/mol. The topological polar surface area (TPSA) is 143 Å². The van der Waals surface area contributed by atoms with E-state index in [-0.39, 0.29) is 24.8 Å². The molecule has 1 saturated heterocycles. The summed E-state index contributed by atoms with van der Waals surface area (Å²) in [6.07, 6.45) is -0.443. The molecule has 1 aromatic heterocycles. The predicted molar refractivity (Wildman–Crippen MR) is 81.2 cm³/mol. The van der Waals surface area contributed by atoms with Gasteiger partial charge in [-0.1, -0.05) is 13.8 Å². The fourth-order valence-corrected chi connectivity index (χ4v) is 2.30. The molecule has 1 aliphatic heterocycles. The van der Waals surface area contributed by atoms with Gasteiger partial charge in [-0.2, -0.15) is 4.98 Å². The van der Waals surface area contributed by atoms with Gasteiger partial charge in [-0.15, -0.1) is 0 Å². The number of nitrogen functional groups attached to an aromatic ring is 1. The molecule has 0 radical (unpaired) electrons.